The fourth-order valence-corrected chi connectivity index (χ4v) is 4.23. The largest absolute Gasteiger partial charge is 0.457 e. The number of primary amides is 1. The van der Waals surface area contributed by atoms with Gasteiger partial charge in [0, 0.05) is 43.2 Å². The summed E-state index contributed by atoms with van der Waals surface area (Å²) in [7, 11) is 0. The number of carbonyl (C=O) groups is 3. The van der Waals surface area contributed by atoms with Crippen molar-refractivity contribution in [2.75, 3.05) is 26.2 Å². The number of piperazine rings is 1. The molecule has 1 heterocycles. The van der Waals surface area contributed by atoms with Crippen LogP contribution < -0.4 is 10.5 Å². The van der Waals surface area contributed by atoms with Crippen LogP contribution in [0.15, 0.2) is 48.5 Å². The Morgan fingerprint density at radius 2 is 1.23 bits per heavy atom. The summed E-state index contributed by atoms with van der Waals surface area (Å²) >= 11 is 0. The van der Waals surface area contributed by atoms with Crippen molar-refractivity contribution in [2.24, 2.45) is 11.7 Å². The molecule has 31 heavy (non-hydrogen) atoms. The lowest BCUT2D eigenvalue weighted by Crippen LogP contribution is -2.51. The van der Waals surface area contributed by atoms with E-state index >= 15 is 0 Å². The van der Waals surface area contributed by atoms with Crippen molar-refractivity contribution < 1.29 is 19.1 Å². The first-order valence-corrected chi connectivity index (χ1v) is 10.8. The average Bonchev–Trinajstić information content (AvgIpc) is 3.34. The Morgan fingerprint density at radius 1 is 0.742 bits per heavy atom. The van der Waals surface area contributed by atoms with Crippen molar-refractivity contribution in [1.82, 2.24) is 9.80 Å². The Hall–Kier alpha value is -3.35. The Labute approximate surface area is 181 Å². The molecule has 4 rings (SSSR count). The van der Waals surface area contributed by atoms with Crippen LogP contribution >= 0.6 is 0 Å². The summed E-state index contributed by atoms with van der Waals surface area (Å²) in [5.74, 6) is 1.09. The third kappa shape index (κ3) is 4.87. The molecule has 1 aliphatic carbocycles. The van der Waals surface area contributed by atoms with Crippen molar-refractivity contribution >= 4 is 17.7 Å². The summed E-state index contributed by atoms with van der Waals surface area (Å²) in [4.78, 5) is 40.3. The predicted octanol–water partition coefficient (Wildman–Crippen LogP) is 3.05. The summed E-state index contributed by atoms with van der Waals surface area (Å²) < 4.78 is 5.76. The maximum atomic E-state index is 12.8. The van der Waals surface area contributed by atoms with Crippen LogP contribution in [0.1, 0.15) is 46.4 Å². The van der Waals surface area contributed by atoms with E-state index in [0.717, 1.165) is 25.7 Å². The lowest BCUT2D eigenvalue weighted by atomic mass is 10.1. The second-order valence-corrected chi connectivity index (χ2v) is 8.11. The van der Waals surface area contributed by atoms with Crippen molar-refractivity contribution in [1.29, 1.82) is 0 Å². The van der Waals surface area contributed by atoms with Gasteiger partial charge in [0.1, 0.15) is 11.5 Å². The summed E-state index contributed by atoms with van der Waals surface area (Å²) in [6.45, 7) is 2.32. The third-order valence-corrected chi connectivity index (χ3v) is 6.06. The number of nitrogens with zero attached hydrogens (tertiary/aromatic N) is 2. The normalized spacial score (nSPS) is 16.9. The number of ether oxygens (including phenoxy) is 1. The van der Waals surface area contributed by atoms with Gasteiger partial charge in [0.15, 0.2) is 0 Å². The lowest BCUT2D eigenvalue weighted by Gasteiger charge is -2.36. The van der Waals surface area contributed by atoms with E-state index in [-0.39, 0.29) is 17.7 Å². The molecule has 7 heteroatoms. The zero-order chi connectivity index (χ0) is 21.8. The highest BCUT2D eigenvalue weighted by Gasteiger charge is 2.30. The molecular formula is C24H27N3O4. The zero-order valence-electron chi connectivity index (χ0n) is 17.5. The number of hydrogen-bond acceptors (Lipinski definition) is 4. The van der Waals surface area contributed by atoms with Crippen molar-refractivity contribution in [3.8, 4) is 11.5 Å². The van der Waals surface area contributed by atoms with Crippen LogP contribution in [0.2, 0.25) is 0 Å². The van der Waals surface area contributed by atoms with Gasteiger partial charge in [0.25, 0.3) is 5.91 Å². The topological polar surface area (TPSA) is 92.9 Å². The molecule has 0 unspecified atom stereocenters. The SMILES string of the molecule is NC(=O)c1ccc(Oc2ccc(C(=O)N3CCN(C(=O)C4CCCC4)CC3)cc2)cc1. The van der Waals surface area contributed by atoms with Gasteiger partial charge >= 0.3 is 0 Å². The molecule has 3 amide bonds. The fourth-order valence-electron chi connectivity index (χ4n) is 4.23. The number of benzene rings is 2. The van der Waals surface area contributed by atoms with Crippen LogP contribution in [0.4, 0.5) is 0 Å². The van der Waals surface area contributed by atoms with E-state index in [0.29, 0.717) is 48.8 Å². The van der Waals surface area contributed by atoms with E-state index in [4.69, 9.17) is 10.5 Å². The molecule has 2 aromatic carbocycles. The van der Waals surface area contributed by atoms with Gasteiger partial charge in [0.2, 0.25) is 11.8 Å². The minimum atomic E-state index is -0.488. The molecule has 2 fully saturated rings. The van der Waals surface area contributed by atoms with Gasteiger partial charge < -0.3 is 20.3 Å². The Kier molecular flexibility index (Phi) is 6.21. The van der Waals surface area contributed by atoms with E-state index in [9.17, 15) is 14.4 Å². The lowest BCUT2D eigenvalue weighted by molar-refractivity contribution is -0.136. The molecule has 0 radical (unpaired) electrons. The van der Waals surface area contributed by atoms with Gasteiger partial charge in [-0.25, -0.2) is 0 Å². The quantitative estimate of drug-likeness (QED) is 0.803. The van der Waals surface area contributed by atoms with Gasteiger partial charge in [-0.1, -0.05) is 12.8 Å². The molecule has 0 aromatic heterocycles. The van der Waals surface area contributed by atoms with Crippen LogP contribution in [-0.4, -0.2) is 53.7 Å². The van der Waals surface area contributed by atoms with Gasteiger partial charge in [-0.05, 0) is 61.4 Å². The Bertz CT molecular complexity index is 942. The van der Waals surface area contributed by atoms with Crippen LogP contribution in [0, 0.1) is 5.92 Å². The van der Waals surface area contributed by atoms with E-state index in [1.807, 2.05) is 4.90 Å². The first-order valence-electron chi connectivity index (χ1n) is 10.8. The van der Waals surface area contributed by atoms with Crippen molar-refractivity contribution in [3.05, 3.63) is 59.7 Å². The molecule has 1 aliphatic heterocycles. The first-order chi connectivity index (χ1) is 15.0. The van der Waals surface area contributed by atoms with Gasteiger partial charge in [0.05, 0.1) is 0 Å². The number of hydrogen-bond donors (Lipinski definition) is 1. The number of amides is 3. The third-order valence-electron chi connectivity index (χ3n) is 6.06. The van der Waals surface area contributed by atoms with Crippen LogP contribution in [0.5, 0.6) is 11.5 Å². The Morgan fingerprint density at radius 3 is 1.74 bits per heavy atom. The number of rotatable bonds is 5. The van der Waals surface area contributed by atoms with Crippen LogP contribution in [0.25, 0.3) is 0 Å². The minimum Gasteiger partial charge on any atom is -0.457 e. The second-order valence-electron chi connectivity index (χ2n) is 8.11. The summed E-state index contributed by atoms with van der Waals surface area (Å²) in [5, 5.41) is 0. The number of nitrogens with two attached hydrogens (primary N) is 1. The molecule has 0 bridgehead atoms. The molecule has 162 valence electrons. The summed E-state index contributed by atoms with van der Waals surface area (Å²) in [5.41, 5.74) is 6.24. The standard InChI is InChI=1S/C24H27N3O4/c25-22(28)17-5-9-20(10-6-17)31-21-11-7-19(8-12-21)24(30)27-15-13-26(14-16-27)23(29)18-3-1-2-4-18/h5-12,18H,1-4,13-16H2,(H2,25,28). The van der Waals surface area contributed by atoms with Gasteiger partial charge in [-0.3, -0.25) is 14.4 Å². The molecule has 2 aromatic rings. The maximum absolute atomic E-state index is 12.8. The van der Waals surface area contributed by atoms with E-state index in [1.165, 1.54) is 0 Å². The molecule has 1 saturated heterocycles. The molecule has 2 aliphatic rings. The summed E-state index contributed by atoms with van der Waals surface area (Å²) in [6, 6.07) is 13.5. The molecule has 1 saturated carbocycles. The van der Waals surface area contributed by atoms with Crippen LogP contribution in [-0.2, 0) is 4.79 Å². The van der Waals surface area contributed by atoms with Gasteiger partial charge in [-0.15, -0.1) is 0 Å². The zero-order valence-corrected chi connectivity index (χ0v) is 17.5. The molecule has 7 nitrogen and oxygen atoms in total. The first kappa shape index (κ1) is 20.9. The predicted molar refractivity (Wildman–Crippen MR) is 116 cm³/mol. The summed E-state index contributed by atoms with van der Waals surface area (Å²) in [6.07, 6.45) is 4.30. The minimum absolute atomic E-state index is 0.0367. The second kappa shape index (κ2) is 9.20. The Balaban J connectivity index is 1.31. The average molecular weight is 421 g/mol. The van der Waals surface area contributed by atoms with Crippen molar-refractivity contribution in [3.63, 3.8) is 0 Å². The van der Waals surface area contributed by atoms with Crippen molar-refractivity contribution in [2.45, 2.75) is 25.7 Å². The van der Waals surface area contributed by atoms with E-state index in [2.05, 4.69) is 0 Å². The van der Waals surface area contributed by atoms with Gasteiger partial charge in [-0.2, -0.15) is 0 Å². The van der Waals surface area contributed by atoms with E-state index in [1.54, 1.807) is 53.4 Å². The monoisotopic (exact) mass is 421 g/mol. The molecule has 0 spiro atoms. The van der Waals surface area contributed by atoms with E-state index < -0.39 is 5.91 Å². The fraction of sp³-hybridized carbons (Fsp3) is 0.375. The maximum Gasteiger partial charge on any atom is 0.253 e. The molecule has 2 N–H and O–H groups in total. The van der Waals surface area contributed by atoms with Crippen LogP contribution in [0.3, 0.4) is 0 Å². The smallest absolute Gasteiger partial charge is 0.253 e. The highest BCUT2D eigenvalue weighted by molar-refractivity contribution is 5.94. The number of carbonyl (C=O) groups excluding carboxylic acids is 3. The molecule has 0 atom stereocenters. The highest BCUT2D eigenvalue weighted by Crippen LogP contribution is 2.27. The molecular weight excluding hydrogens is 394 g/mol. The highest BCUT2D eigenvalue weighted by atomic mass is 16.5.